The molecule has 0 saturated heterocycles. The van der Waals surface area contributed by atoms with Gasteiger partial charge in [0.2, 0.25) is 0 Å². The topological polar surface area (TPSA) is 0 Å². The van der Waals surface area contributed by atoms with E-state index < -0.39 is 0 Å². The molecule has 0 fully saturated rings. The minimum atomic E-state index is 0. The number of rotatable bonds is 1. The van der Waals surface area contributed by atoms with Crippen LogP contribution in [-0.2, 0) is 34.2 Å². The Morgan fingerprint density at radius 3 is 1.43 bits per heavy atom. The molecule has 0 unspecified atom stereocenters. The van der Waals surface area contributed by atoms with Gasteiger partial charge in [0.1, 0.15) is 0 Å². The van der Waals surface area contributed by atoms with E-state index in [-0.39, 0.29) is 35.6 Å². The summed E-state index contributed by atoms with van der Waals surface area (Å²) in [7, 11) is 0. The quantitative estimate of drug-likeness (QED) is 0.0874. The first-order chi connectivity index (χ1) is 28.5. The average Bonchev–Trinajstić information content (AvgIpc) is 3.85. The van der Waals surface area contributed by atoms with Crippen molar-refractivity contribution in [1.82, 2.24) is 0 Å². The van der Waals surface area contributed by atoms with Crippen LogP contribution in [-0.4, -0.2) is 6.88 Å². The number of benzene rings is 8. The molecule has 0 nitrogen and oxygen atoms in total. The van der Waals surface area contributed by atoms with Crippen molar-refractivity contribution in [2.24, 2.45) is 0 Å². The molecule has 0 spiro atoms. The zero-order chi connectivity index (χ0) is 42.0. The zero-order valence-corrected chi connectivity index (χ0v) is 41.3. The van der Waals surface area contributed by atoms with Gasteiger partial charge in [-0.3, -0.25) is 0 Å². The standard InChI is InChI=1S/C24H17.C21H25.2C6H5.2ClH.Si.Zr/c1-16-13-14-17-8-6-12-22(24(16)17)23-15-18-7-2-3-9-19(18)20-10-4-5-11-21(20)23;1-20(2,3)16-7-9-18-14(12-16)11-15-13-17(21(4,5)6)8-10-19(15)18;2*1-2-4-6-5-3-1;;;;/h2-15H,1H3;7-13H,1-6H3;2*1-5H;2*1H;;/q4*-1;;;;. The van der Waals surface area contributed by atoms with E-state index in [4.69, 9.17) is 0 Å². The van der Waals surface area contributed by atoms with Gasteiger partial charge < -0.3 is 0 Å². The Hall–Kier alpha value is -4.56. The third kappa shape index (κ3) is 12.1. The van der Waals surface area contributed by atoms with E-state index in [0.29, 0.717) is 0 Å². The maximum atomic E-state index is 3.06. The molecule has 10 rings (SSSR count). The summed E-state index contributed by atoms with van der Waals surface area (Å²) >= 11 is 1.36. The largest absolute Gasteiger partial charge is 0.184 e. The molecule has 308 valence electrons. The van der Waals surface area contributed by atoms with Gasteiger partial charge in [0.25, 0.3) is 0 Å². The fraction of sp³-hybridized carbons (Fsp3) is 0.158. The minimum Gasteiger partial charge on any atom is -0.184 e. The Morgan fingerprint density at radius 2 is 0.951 bits per heavy atom. The van der Waals surface area contributed by atoms with E-state index in [9.17, 15) is 0 Å². The SMILES string of the molecule is CC(C)(C)c1ccc2c(c1)[cH-]c1cc(C(C)(C)C)ccc12.Cc1c[cH-]c2cccc(-c3cc4ccccc4c4ccccc34)c12.Cl.Cl.[Si]=[Zr].[c-]1ccccc1.[c-]1ccccc1. The fourth-order valence-electron chi connectivity index (χ4n) is 7.59. The molecular formula is C57H54Cl2SiZr-4. The van der Waals surface area contributed by atoms with Crippen LogP contribution < -0.4 is 0 Å². The van der Waals surface area contributed by atoms with E-state index in [1.54, 1.807) is 0 Å². The molecule has 0 bridgehead atoms. The van der Waals surface area contributed by atoms with Crippen molar-refractivity contribution in [3.05, 3.63) is 217 Å². The summed E-state index contributed by atoms with van der Waals surface area (Å²) in [4.78, 5) is 0. The zero-order valence-electron chi connectivity index (χ0n) is 36.2. The monoisotopic (exact) mass is 926 g/mol. The van der Waals surface area contributed by atoms with Crippen molar-refractivity contribution in [3.8, 4) is 11.1 Å². The molecule has 0 aliphatic heterocycles. The number of aryl methyl sites for hydroxylation is 1. The van der Waals surface area contributed by atoms with Gasteiger partial charge in [-0.25, -0.2) is 0 Å². The van der Waals surface area contributed by atoms with E-state index >= 15 is 0 Å². The van der Waals surface area contributed by atoms with Crippen LogP contribution in [0.2, 0.25) is 0 Å². The summed E-state index contributed by atoms with van der Waals surface area (Å²) in [6.07, 6.45) is 0. The summed E-state index contributed by atoms with van der Waals surface area (Å²) < 4.78 is 0. The molecule has 0 aliphatic rings. The Morgan fingerprint density at radius 1 is 0.459 bits per heavy atom. The van der Waals surface area contributed by atoms with Crippen molar-refractivity contribution >= 4 is 85.6 Å². The Kier molecular flexibility index (Phi) is 18.1. The van der Waals surface area contributed by atoms with Gasteiger partial charge in [-0.1, -0.05) is 144 Å². The van der Waals surface area contributed by atoms with Gasteiger partial charge in [-0.2, -0.15) is 84.4 Å². The second-order valence-electron chi connectivity index (χ2n) is 16.9. The van der Waals surface area contributed by atoms with Crippen molar-refractivity contribution in [2.75, 3.05) is 0 Å². The molecule has 10 aromatic rings. The smallest absolute Gasteiger partial charge is 0.171 e. The van der Waals surface area contributed by atoms with Crippen LogP contribution in [0.1, 0.15) is 58.2 Å². The third-order valence-electron chi connectivity index (χ3n) is 10.7. The number of hydrogen-bond donors (Lipinski definition) is 0. The van der Waals surface area contributed by atoms with E-state index in [0.717, 1.165) is 0 Å². The number of hydrogen-bond acceptors (Lipinski definition) is 0. The molecule has 2 radical (unpaired) electrons. The van der Waals surface area contributed by atoms with E-state index in [1.165, 1.54) is 105 Å². The second kappa shape index (κ2) is 22.5. The van der Waals surface area contributed by atoms with Crippen molar-refractivity contribution in [1.29, 1.82) is 0 Å². The van der Waals surface area contributed by atoms with Crippen molar-refractivity contribution < 1.29 is 23.3 Å². The molecule has 4 heteroatoms. The van der Waals surface area contributed by atoms with Gasteiger partial charge in [-0.05, 0) is 44.0 Å². The molecular weight excluding hydrogens is 875 g/mol. The van der Waals surface area contributed by atoms with E-state index in [2.05, 4.69) is 195 Å². The fourth-order valence-corrected chi connectivity index (χ4v) is 7.59. The van der Waals surface area contributed by atoms with Crippen LogP contribution in [0.25, 0.3) is 65.0 Å². The van der Waals surface area contributed by atoms with Gasteiger partial charge in [-0.15, -0.1) is 93.5 Å². The van der Waals surface area contributed by atoms with Crippen LogP contribution >= 0.6 is 24.8 Å². The summed E-state index contributed by atoms with van der Waals surface area (Å²) in [5.41, 5.74) is 7.21. The first-order valence-electron chi connectivity index (χ1n) is 20.3. The predicted molar refractivity (Wildman–Crippen MR) is 270 cm³/mol. The van der Waals surface area contributed by atoms with Crippen LogP contribution in [0.3, 0.4) is 0 Å². The molecule has 0 saturated carbocycles. The second-order valence-corrected chi connectivity index (χ2v) is 16.9. The normalized spacial score (nSPS) is 10.7. The van der Waals surface area contributed by atoms with Gasteiger partial charge in [0.05, 0.1) is 0 Å². The Bertz CT molecular complexity index is 2740. The van der Waals surface area contributed by atoms with Crippen molar-refractivity contribution in [3.63, 3.8) is 0 Å². The molecule has 0 heterocycles. The molecule has 0 atom stereocenters. The molecule has 10 aromatic carbocycles. The van der Waals surface area contributed by atoms with Gasteiger partial charge in [0, 0.05) is 0 Å². The minimum absolute atomic E-state index is 0. The summed E-state index contributed by atoms with van der Waals surface area (Å²) in [5, 5.41) is 13.4. The summed E-state index contributed by atoms with van der Waals surface area (Å²) in [6.45, 7) is 18.9. The number of halogens is 2. The molecule has 61 heavy (non-hydrogen) atoms. The summed E-state index contributed by atoms with van der Waals surface area (Å²) in [5.74, 6) is 0. The van der Waals surface area contributed by atoms with Crippen LogP contribution in [0.5, 0.6) is 0 Å². The molecule has 0 amide bonds. The van der Waals surface area contributed by atoms with Gasteiger partial charge >= 0.3 is 30.2 Å². The van der Waals surface area contributed by atoms with Crippen LogP contribution in [0.4, 0.5) is 0 Å². The number of fused-ring (bicyclic) bond motifs is 7. The molecule has 0 aromatic heterocycles. The van der Waals surface area contributed by atoms with Crippen molar-refractivity contribution in [2.45, 2.75) is 59.3 Å². The third-order valence-corrected chi connectivity index (χ3v) is 10.7. The first-order valence-corrected chi connectivity index (χ1v) is 24.4. The van der Waals surface area contributed by atoms with Crippen LogP contribution in [0.15, 0.2) is 188 Å². The van der Waals surface area contributed by atoms with Crippen LogP contribution in [0, 0.1) is 19.1 Å². The maximum absolute atomic E-state index is 3.06. The Labute approximate surface area is 393 Å². The average molecular weight is 929 g/mol. The summed E-state index contributed by atoms with van der Waals surface area (Å²) in [6, 6.07) is 72.0. The van der Waals surface area contributed by atoms with Gasteiger partial charge in [0.15, 0.2) is 0 Å². The Balaban J connectivity index is 0.000000201. The molecule has 0 N–H and O–H groups in total. The first kappa shape index (κ1) is 49.1. The molecule has 0 aliphatic carbocycles. The van der Waals surface area contributed by atoms with E-state index in [1.807, 2.05) is 60.7 Å². The predicted octanol–water partition coefficient (Wildman–Crippen LogP) is 16.6. The maximum Gasteiger partial charge on any atom is -0.171 e.